The molecule has 0 saturated heterocycles. The molecular weight excluding hydrogens is 344 g/mol. The van der Waals surface area contributed by atoms with Crippen molar-refractivity contribution in [2.75, 3.05) is 4.72 Å². The number of hydrogen-bond acceptors (Lipinski definition) is 4. The zero-order valence-corrected chi connectivity index (χ0v) is 13.8. The maximum Gasteiger partial charge on any atom is 0.267 e. The number of sulfonamides is 1. The predicted molar refractivity (Wildman–Crippen MR) is 80.3 cm³/mol. The lowest BCUT2D eigenvalue weighted by atomic mass is 10.1. The Morgan fingerprint density at radius 1 is 1.35 bits per heavy atom. The molecule has 20 heavy (non-hydrogen) atoms. The molecule has 0 aliphatic rings. The molecular formula is C13H15BrN2O3S. The minimum Gasteiger partial charge on any atom is -0.360 e. The Morgan fingerprint density at radius 2 is 2.05 bits per heavy atom. The van der Waals surface area contributed by atoms with Gasteiger partial charge in [-0.05, 0) is 44.0 Å². The van der Waals surface area contributed by atoms with Crippen molar-refractivity contribution in [1.29, 1.82) is 0 Å². The number of hydrogen-bond donors (Lipinski definition) is 1. The van der Waals surface area contributed by atoms with Gasteiger partial charge < -0.3 is 4.52 Å². The Kier molecular flexibility index (Phi) is 4.19. The first-order valence-corrected chi connectivity index (χ1v) is 8.37. The monoisotopic (exact) mass is 358 g/mol. The van der Waals surface area contributed by atoms with Gasteiger partial charge in [-0.2, -0.15) is 0 Å². The van der Waals surface area contributed by atoms with Gasteiger partial charge >= 0.3 is 0 Å². The van der Waals surface area contributed by atoms with Crippen LogP contribution in [-0.2, 0) is 16.4 Å². The molecule has 1 N–H and O–H groups in total. The second-order valence-corrected chi connectivity index (χ2v) is 6.95. The largest absolute Gasteiger partial charge is 0.360 e. The Morgan fingerprint density at radius 3 is 2.60 bits per heavy atom. The van der Waals surface area contributed by atoms with E-state index in [1.165, 1.54) is 0 Å². The molecule has 2 rings (SSSR count). The van der Waals surface area contributed by atoms with E-state index in [2.05, 4.69) is 25.8 Å². The van der Waals surface area contributed by atoms with Crippen molar-refractivity contribution >= 4 is 31.6 Å². The van der Waals surface area contributed by atoms with Crippen LogP contribution in [0.1, 0.15) is 23.9 Å². The van der Waals surface area contributed by atoms with E-state index in [0.29, 0.717) is 11.4 Å². The summed E-state index contributed by atoms with van der Waals surface area (Å²) in [5.41, 5.74) is 1.83. The van der Waals surface area contributed by atoms with Gasteiger partial charge in [-0.15, -0.1) is 0 Å². The van der Waals surface area contributed by atoms with Gasteiger partial charge in [0.05, 0.1) is 5.69 Å². The molecule has 0 amide bonds. The van der Waals surface area contributed by atoms with Gasteiger partial charge in [0, 0.05) is 4.47 Å². The average Bonchev–Trinajstić information content (AvgIpc) is 2.71. The molecule has 108 valence electrons. The number of anilines is 1. The van der Waals surface area contributed by atoms with Gasteiger partial charge in [0.1, 0.15) is 5.69 Å². The number of rotatable bonds is 4. The Balaban J connectivity index is 2.44. The highest BCUT2D eigenvalue weighted by molar-refractivity contribution is 9.10. The Labute approximate surface area is 126 Å². The van der Waals surface area contributed by atoms with E-state index in [1.54, 1.807) is 26.0 Å². The van der Waals surface area contributed by atoms with E-state index < -0.39 is 10.0 Å². The van der Waals surface area contributed by atoms with Crippen LogP contribution in [0.2, 0.25) is 0 Å². The van der Waals surface area contributed by atoms with Gasteiger partial charge in [0.15, 0.2) is 10.7 Å². The molecule has 0 bridgehead atoms. The summed E-state index contributed by atoms with van der Waals surface area (Å²) >= 11 is 3.38. The molecule has 0 fully saturated rings. The summed E-state index contributed by atoms with van der Waals surface area (Å²) in [5.74, 6) is 0.283. The van der Waals surface area contributed by atoms with E-state index >= 15 is 0 Å². The smallest absolute Gasteiger partial charge is 0.267 e. The van der Waals surface area contributed by atoms with Gasteiger partial charge in [-0.25, -0.2) is 8.42 Å². The molecule has 1 heterocycles. The van der Waals surface area contributed by atoms with Crippen LogP contribution in [0.5, 0.6) is 0 Å². The summed E-state index contributed by atoms with van der Waals surface area (Å²) in [5, 5.41) is 3.68. The lowest BCUT2D eigenvalue weighted by Crippen LogP contribution is -2.15. The second-order valence-electron chi connectivity index (χ2n) is 4.41. The summed E-state index contributed by atoms with van der Waals surface area (Å²) in [7, 11) is -3.70. The van der Waals surface area contributed by atoms with Crippen LogP contribution in [0.25, 0.3) is 0 Å². The summed E-state index contributed by atoms with van der Waals surface area (Å²) in [4.78, 5) is 0.0995. The first-order valence-electron chi connectivity index (χ1n) is 6.09. The summed E-state index contributed by atoms with van der Waals surface area (Å²) in [6, 6.07) is 5.42. The maximum atomic E-state index is 12.4. The van der Waals surface area contributed by atoms with Crippen molar-refractivity contribution in [3.05, 3.63) is 39.7 Å². The summed E-state index contributed by atoms with van der Waals surface area (Å²) in [6.45, 7) is 5.15. The molecule has 5 nitrogen and oxygen atoms in total. The predicted octanol–water partition coefficient (Wildman–Crippen LogP) is 3.42. The van der Waals surface area contributed by atoms with Crippen molar-refractivity contribution in [2.45, 2.75) is 32.1 Å². The van der Waals surface area contributed by atoms with Gasteiger partial charge in [0.2, 0.25) is 0 Å². The van der Waals surface area contributed by atoms with Crippen LogP contribution in [0, 0.1) is 13.8 Å². The third-order valence-electron chi connectivity index (χ3n) is 2.93. The number of nitrogens with one attached hydrogen (secondary N) is 1. The van der Waals surface area contributed by atoms with Crippen molar-refractivity contribution in [3.63, 3.8) is 0 Å². The molecule has 1 aromatic heterocycles. The first-order chi connectivity index (χ1) is 9.35. The second kappa shape index (κ2) is 5.57. The standard InChI is InChI=1S/C13H15BrN2O3S/c1-4-10-7-11(14)5-6-12(10)16-20(17,18)13-8(2)15-19-9(13)3/h5-7,16H,4H2,1-3H3. The number of halogens is 1. The third-order valence-corrected chi connectivity index (χ3v) is 5.03. The average molecular weight is 359 g/mol. The fourth-order valence-electron chi connectivity index (χ4n) is 2.01. The highest BCUT2D eigenvalue weighted by atomic mass is 79.9. The van der Waals surface area contributed by atoms with E-state index in [0.717, 1.165) is 16.5 Å². The Bertz CT molecular complexity index is 719. The fraction of sp³-hybridized carbons (Fsp3) is 0.308. The van der Waals surface area contributed by atoms with Gasteiger partial charge in [0.25, 0.3) is 10.0 Å². The van der Waals surface area contributed by atoms with Gasteiger partial charge in [-0.1, -0.05) is 28.0 Å². The zero-order valence-electron chi connectivity index (χ0n) is 11.4. The molecule has 0 spiro atoms. The molecule has 1 aromatic carbocycles. The molecule has 0 atom stereocenters. The molecule has 2 aromatic rings. The van der Waals surface area contributed by atoms with Crippen LogP contribution < -0.4 is 4.72 Å². The molecule has 0 aliphatic heterocycles. The highest BCUT2D eigenvalue weighted by Crippen LogP contribution is 2.26. The molecule has 7 heteroatoms. The maximum absolute atomic E-state index is 12.4. The SMILES string of the molecule is CCc1cc(Br)ccc1NS(=O)(=O)c1c(C)noc1C. The van der Waals surface area contributed by atoms with Crippen molar-refractivity contribution in [1.82, 2.24) is 5.16 Å². The van der Waals surface area contributed by atoms with Crippen molar-refractivity contribution < 1.29 is 12.9 Å². The number of aryl methyl sites for hydroxylation is 3. The number of benzene rings is 1. The summed E-state index contributed by atoms with van der Waals surface area (Å²) < 4.78 is 33.3. The van der Waals surface area contributed by atoms with Crippen LogP contribution in [-0.4, -0.2) is 13.6 Å². The van der Waals surface area contributed by atoms with Crippen molar-refractivity contribution in [2.24, 2.45) is 0 Å². The minimum absolute atomic E-state index is 0.0995. The topological polar surface area (TPSA) is 72.2 Å². The quantitative estimate of drug-likeness (QED) is 0.908. The number of aromatic nitrogens is 1. The van der Waals surface area contributed by atoms with E-state index in [1.807, 2.05) is 13.0 Å². The Hall–Kier alpha value is -1.34. The van der Waals surface area contributed by atoms with Crippen LogP contribution in [0.15, 0.2) is 32.1 Å². The van der Waals surface area contributed by atoms with Crippen molar-refractivity contribution in [3.8, 4) is 0 Å². The molecule has 0 unspecified atom stereocenters. The lowest BCUT2D eigenvalue weighted by molar-refractivity contribution is 0.390. The molecule has 0 saturated carbocycles. The first kappa shape index (κ1) is 15.1. The lowest BCUT2D eigenvalue weighted by Gasteiger charge is -2.11. The molecule has 0 aliphatic carbocycles. The van der Waals surface area contributed by atoms with E-state index in [9.17, 15) is 8.42 Å². The molecule has 0 radical (unpaired) electrons. The minimum atomic E-state index is -3.70. The zero-order chi connectivity index (χ0) is 14.9. The van der Waals surface area contributed by atoms with E-state index in [4.69, 9.17) is 4.52 Å². The fourth-order valence-corrected chi connectivity index (χ4v) is 3.85. The summed E-state index contributed by atoms with van der Waals surface area (Å²) in [6.07, 6.45) is 0.721. The number of nitrogens with zero attached hydrogens (tertiary/aromatic N) is 1. The third kappa shape index (κ3) is 2.88. The normalized spacial score (nSPS) is 11.6. The van der Waals surface area contributed by atoms with Crippen LogP contribution in [0.4, 0.5) is 5.69 Å². The van der Waals surface area contributed by atoms with Gasteiger partial charge in [-0.3, -0.25) is 4.72 Å². The highest BCUT2D eigenvalue weighted by Gasteiger charge is 2.24. The van der Waals surface area contributed by atoms with E-state index in [-0.39, 0.29) is 10.7 Å². The van der Waals surface area contributed by atoms with Crippen LogP contribution in [0.3, 0.4) is 0 Å². The van der Waals surface area contributed by atoms with Crippen LogP contribution >= 0.6 is 15.9 Å².